The number of unbranched alkanes of at least 4 members (excludes halogenated alkanes) is 2. The first kappa shape index (κ1) is 16.5. The third kappa shape index (κ3) is 6.09. The molecule has 0 amide bonds. The number of hydrogen-bond acceptors (Lipinski definition) is 3. The van der Waals surface area contributed by atoms with Crippen molar-refractivity contribution in [2.24, 2.45) is 0 Å². The molecule has 0 N–H and O–H groups in total. The van der Waals surface area contributed by atoms with Crippen molar-refractivity contribution < 1.29 is 14.3 Å². The second-order valence-corrected chi connectivity index (χ2v) is 6.01. The first-order valence-electron chi connectivity index (χ1n) is 7.23. The van der Waals surface area contributed by atoms with Gasteiger partial charge in [-0.2, -0.15) is 0 Å². The summed E-state index contributed by atoms with van der Waals surface area (Å²) in [5.74, 6) is 0.773. The summed E-state index contributed by atoms with van der Waals surface area (Å²) in [6.07, 6.45) is 3.29. The molecule has 0 fully saturated rings. The summed E-state index contributed by atoms with van der Waals surface area (Å²) in [4.78, 5) is 10.9. The van der Waals surface area contributed by atoms with Crippen LogP contribution in [0, 0.1) is 0 Å². The Morgan fingerprint density at radius 3 is 2.25 bits per heavy atom. The molecule has 0 heterocycles. The Balaban J connectivity index is 2.21. The van der Waals surface area contributed by atoms with Crippen LogP contribution >= 0.6 is 0 Å². The number of esters is 1. The lowest BCUT2D eigenvalue weighted by Gasteiger charge is -2.19. The van der Waals surface area contributed by atoms with E-state index in [0.29, 0.717) is 13.0 Å². The lowest BCUT2D eigenvalue weighted by Crippen LogP contribution is -2.10. The Kier molecular flexibility index (Phi) is 6.56. The summed E-state index contributed by atoms with van der Waals surface area (Å²) < 4.78 is 10.3. The molecule has 0 unspecified atom stereocenters. The monoisotopic (exact) mass is 278 g/mol. The zero-order valence-corrected chi connectivity index (χ0v) is 13.1. The normalized spacial score (nSPS) is 11.2. The number of hydrogen-bond donors (Lipinski definition) is 0. The molecule has 1 aromatic carbocycles. The first-order chi connectivity index (χ1) is 9.43. The van der Waals surface area contributed by atoms with Gasteiger partial charge in [-0.3, -0.25) is 4.79 Å². The van der Waals surface area contributed by atoms with E-state index in [0.717, 1.165) is 25.0 Å². The fourth-order valence-corrected chi connectivity index (χ4v) is 1.89. The number of ether oxygens (including phenoxy) is 2. The second kappa shape index (κ2) is 7.93. The van der Waals surface area contributed by atoms with Gasteiger partial charge >= 0.3 is 5.97 Å². The molecule has 0 aliphatic carbocycles. The first-order valence-corrected chi connectivity index (χ1v) is 7.23. The van der Waals surface area contributed by atoms with Gasteiger partial charge in [-0.1, -0.05) is 32.9 Å². The van der Waals surface area contributed by atoms with Gasteiger partial charge in [-0.15, -0.1) is 0 Å². The zero-order chi connectivity index (χ0) is 15.0. The van der Waals surface area contributed by atoms with Crippen LogP contribution in [-0.4, -0.2) is 19.7 Å². The van der Waals surface area contributed by atoms with Crippen molar-refractivity contribution in [3.63, 3.8) is 0 Å². The summed E-state index contributed by atoms with van der Waals surface area (Å²) >= 11 is 0. The molecular formula is C17H26O3. The molecule has 3 heteroatoms. The van der Waals surface area contributed by atoms with Crippen LogP contribution in [0.3, 0.4) is 0 Å². The molecule has 0 atom stereocenters. The minimum atomic E-state index is -0.135. The van der Waals surface area contributed by atoms with Gasteiger partial charge < -0.3 is 9.47 Å². The summed E-state index contributed by atoms with van der Waals surface area (Å²) in [7, 11) is 1.42. The Bertz CT molecular complexity index is 401. The number of carbonyl (C=O) groups is 1. The van der Waals surface area contributed by atoms with Crippen LogP contribution < -0.4 is 4.74 Å². The molecule has 0 aliphatic rings. The molecular weight excluding hydrogens is 252 g/mol. The van der Waals surface area contributed by atoms with E-state index < -0.39 is 0 Å². The van der Waals surface area contributed by atoms with E-state index in [1.165, 1.54) is 12.7 Å². The molecule has 0 radical (unpaired) electrons. The maximum atomic E-state index is 10.9. The van der Waals surface area contributed by atoms with Crippen molar-refractivity contribution in [3.8, 4) is 5.75 Å². The summed E-state index contributed by atoms with van der Waals surface area (Å²) in [6, 6.07) is 8.28. The number of benzene rings is 1. The molecule has 0 aromatic heterocycles. The van der Waals surface area contributed by atoms with Crippen LogP contribution in [0.25, 0.3) is 0 Å². The molecule has 0 spiro atoms. The molecule has 0 aliphatic heterocycles. The van der Waals surface area contributed by atoms with E-state index in [9.17, 15) is 4.79 Å². The summed E-state index contributed by atoms with van der Waals surface area (Å²) in [5.41, 5.74) is 1.48. The third-order valence-corrected chi connectivity index (χ3v) is 3.24. The molecule has 1 rings (SSSR count). The van der Waals surface area contributed by atoms with Gasteiger partial charge in [-0.25, -0.2) is 0 Å². The third-order valence-electron chi connectivity index (χ3n) is 3.24. The molecule has 0 saturated heterocycles. The standard InChI is InChI=1S/C17H26O3/c1-17(2,3)14-9-11-15(12-10-14)20-13-7-5-6-8-16(18)19-4/h9-12H,5-8,13H2,1-4H3. The number of carbonyl (C=O) groups excluding carboxylic acids is 1. The van der Waals surface area contributed by atoms with Gasteiger partial charge in [0.15, 0.2) is 0 Å². The van der Waals surface area contributed by atoms with Gasteiger partial charge in [0.25, 0.3) is 0 Å². The van der Waals surface area contributed by atoms with Crippen molar-refractivity contribution >= 4 is 5.97 Å². The van der Waals surface area contributed by atoms with E-state index in [4.69, 9.17) is 4.74 Å². The van der Waals surface area contributed by atoms with Gasteiger partial charge in [0.05, 0.1) is 13.7 Å². The maximum absolute atomic E-state index is 10.9. The Hall–Kier alpha value is -1.51. The SMILES string of the molecule is COC(=O)CCCCCOc1ccc(C(C)(C)C)cc1. The van der Waals surface area contributed by atoms with E-state index in [1.54, 1.807) is 0 Å². The van der Waals surface area contributed by atoms with E-state index in [1.807, 2.05) is 12.1 Å². The van der Waals surface area contributed by atoms with Gasteiger partial charge in [0.2, 0.25) is 0 Å². The minimum absolute atomic E-state index is 0.135. The summed E-state index contributed by atoms with van der Waals surface area (Å²) in [5, 5.41) is 0. The van der Waals surface area contributed by atoms with Crippen molar-refractivity contribution in [2.45, 2.75) is 51.9 Å². The molecule has 3 nitrogen and oxygen atoms in total. The zero-order valence-electron chi connectivity index (χ0n) is 13.1. The molecule has 0 saturated carbocycles. The van der Waals surface area contributed by atoms with Crippen molar-refractivity contribution in [3.05, 3.63) is 29.8 Å². The highest BCUT2D eigenvalue weighted by atomic mass is 16.5. The number of rotatable bonds is 7. The van der Waals surface area contributed by atoms with E-state index >= 15 is 0 Å². The van der Waals surface area contributed by atoms with Crippen LogP contribution in [0.15, 0.2) is 24.3 Å². The fourth-order valence-electron chi connectivity index (χ4n) is 1.89. The maximum Gasteiger partial charge on any atom is 0.305 e. The molecule has 20 heavy (non-hydrogen) atoms. The van der Waals surface area contributed by atoms with Gasteiger partial charge in [0, 0.05) is 6.42 Å². The highest BCUT2D eigenvalue weighted by Crippen LogP contribution is 2.24. The van der Waals surface area contributed by atoms with E-state index in [2.05, 4.69) is 37.6 Å². The number of methoxy groups -OCH3 is 1. The highest BCUT2D eigenvalue weighted by molar-refractivity contribution is 5.68. The Morgan fingerprint density at radius 1 is 1.05 bits per heavy atom. The van der Waals surface area contributed by atoms with Crippen LogP contribution in [0.4, 0.5) is 0 Å². The lowest BCUT2D eigenvalue weighted by molar-refractivity contribution is -0.140. The Morgan fingerprint density at radius 2 is 1.70 bits per heavy atom. The molecule has 0 bridgehead atoms. The lowest BCUT2D eigenvalue weighted by atomic mass is 9.87. The Labute approximate surface area is 122 Å². The second-order valence-electron chi connectivity index (χ2n) is 6.01. The quantitative estimate of drug-likeness (QED) is 0.556. The average Bonchev–Trinajstić information content (AvgIpc) is 2.41. The molecule has 112 valence electrons. The topological polar surface area (TPSA) is 35.5 Å². The van der Waals surface area contributed by atoms with E-state index in [-0.39, 0.29) is 11.4 Å². The van der Waals surface area contributed by atoms with Crippen molar-refractivity contribution in [2.75, 3.05) is 13.7 Å². The predicted octanol–water partition coefficient (Wildman–Crippen LogP) is 4.10. The fraction of sp³-hybridized carbons (Fsp3) is 0.588. The van der Waals surface area contributed by atoms with Crippen LogP contribution in [0.1, 0.15) is 52.0 Å². The van der Waals surface area contributed by atoms with Crippen LogP contribution in [-0.2, 0) is 14.9 Å². The van der Waals surface area contributed by atoms with Crippen LogP contribution in [0.5, 0.6) is 5.75 Å². The van der Waals surface area contributed by atoms with Gasteiger partial charge in [-0.05, 0) is 42.4 Å². The average molecular weight is 278 g/mol. The summed E-state index contributed by atoms with van der Waals surface area (Å²) in [6.45, 7) is 7.29. The minimum Gasteiger partial charge on any atom is -0.494 e. The van der Waals surface area contributed by atoms with Gasteiger partial charge in [0.1, 0.15) is 5.75 Å². The van der Waals surface area contributed by atoms with Crippen molar-refractivity contribution in [1.82, 2.24) is 0 Å². The van der Waals surface area contributed by atoms with Crippen molar-refractivity contribution in [1.29, 1.82) is 0 Å². The predicted molar refractivity (Wildman–Crippen MR) is 81.1 cm³/mol. The smallest absolute Gasteiger partial charge is 0.305 e. The largest absolute Gasteiger partial charge is 0.494 e. The van der Waals surface area contributed by atoms with Crippen LogP contribution in [0.2, 0.25) is 0 Å². The highest BCUT2D eigenvalue weighted by Gasteiger charge is 2.12. The molecule has 1 aromatic rings.